The number of hydrogen-bond donors (Lipinski definition) is 0. The van der Waals surface area contributed by atoms with Crippen molar-refractivity contribution >= 4 is 97.8 Å². The number of aromatic nitrogens is 9. The highest BCUT2D eigenvalue weighted by molar-refractivity contribution is 7.19. The van der Waals surface area contributed by atoms with Gasteiger partial charge < -0.3 is 0 Å². The zero-order chi connectivity index (χ0) is 75.4. The summed E-state index contributed by atoms with van der Waals surface area (Å²) >= 11 is 5.44. The van der Waals surface area contributed by atoms with Crippen molar-refractivity contribution < 1.29 is 13.7 Å². The lowest BCUT2D eigenvalue weighted by Crippen LogP contribution is -2.30. The monoisotopic (exact) mass is 1450 g/mol. The van der Waals surface area contributed by atoms with Crippen LogP contribution in [0.15, 0.2) is 206 Å². The first-order valence-corrected chi connectivity index (χ1v) is 39.8. The van der Waals surface area contributed by atoms with Crippen molar-refractivity contribution in [2.75, 3.05) is 0 Å². The maximum absolute atomic E-state index is 5.00. The Morgan fingerprint density at radius 3 is 1.08 bits per heavy atom. The Morgan fingerprint density at radius 1 is 0.340 bits per heavy atom. The van der Waals surface area contributed by atoms with Gasteiger partial charge in [-0.2, -0.15) is 13.7 Å². The van der Waals surface area contributed by atoms with Crippen molar-refractivity contribution in [1.82, 2.24) is 28.7 Å². The second-order valence-corrected chi connectivity index (χ2v) is 36.7. The highest BCUT2D eigenvalue weighted by Gasteiger charge is 2.35. The number of nitrogens with zero attached hydrogens (tertiary/aromatic N) is 9. The molecule has 538 valence electrons. The number of para-hydroxylation sites is 8. The SMILES string of the molecule is Cc1cc2nc(C(C)(C)C)sc2cc1-c1n(-c2c(C(C)C)cccc2C(C)C)c2ccccc2[n+]1C.Cc1cc2nc(C(C)(C)C)sc2cc1-c1n(-c2ccc(C(C)(C)C)cc2)c2ccccc2[n+]1C.Cc1cc2nc(C(C)(C)C)sc2cc1-c1n(-c2ccccc2-c2ccccc2)c2ccccc2[n+]1C. The van der Waals surface area contributed by atoms with Crippen LogP contribution in [0.4, 0.5) is 0 Å². The minimum absolute atomic E-state index is 0.0337. The van der Waals surface area contributed by atoms with E-state index in [1.54, 1.807) is 11.3 Å². The van der Waals surface area contributed by atoms with Crippen LogP contribution >= 0.6 is 34.0 Å². The van der Waals surface area contributed by atoms with Crippen LogP contribution in [0.2, 0.25) is 0 Å². The van der Waals surface area contributed by atoms with E-state index in [1.807, 2.05) is 22.7 Å². The Morgan fingerprint density at radius 2 is 0.689 bits per heavy atom. The number of fused-ring (bicyclic) bond motifs is 6. The second kappa shape index (κ2) is 27.9. The first-order valence-electron chi connectivity index (χ1n) is 37.4. The van der Waals surface area contributed by atoms with E-state index in [0.717, 1.165) is 16.6 Å². The summed E-state index contributed by atoms with van der Waals surface area (Å²) in [6.07, 6.45) is 0. The molecular formula is C94H102N9S3+3. The molecule has 0 spiro atoms. The maximum atomic E-state index is 5.00. The third-order valence-corrected chi connectivity index (χ3v) is 25.0. The summed E-state index contributed by atoms with van der Waals surface area (Å²) in [5, 5.41) is 3.54. The van der Waals surface area contributed by atoms with Gasteiger partial charge in [-0.25, -0.2) is 28.7 Å². The molecule has 0 fully saturated rings. The van der Waals surface area contributed by atoms with Gasteiger partial charge in [0.25, 0.3) is 17.5 Å². The third kappa shape index (κ3) is 13.5. The van der Waals surface area contributed by atoms with Gasteiger partial charge in [0.1, 0.15) is 17.1 Å². The van der Waals surface area contributed by atoms with Crippen molar-refractivity contribution in [3.63, 3.8) is 0 Å². The lowest BCUT2D eigenvalue weighted by atomic mass is 9.87. The summed E-state index contributed by atoms with van der Waals surface area (Å²) in [6.45, 7) is 42.8. The van der Waals surface area contributed by atoms with Gasteiger partial charge in [0.05, 0.1) is 83.5 Å². The fourth-order valence-corrected chi connectivity index (χ4v) is 18.0. The molecule has 0 atom stereocenters. The van der Waals surface area contributed by atoms with Gasteiger partial charge in [-0.15, -0.1) is 34.0 Å². The van der Waals surface area contributed by atoms with Crippen molar-refractivity contribution in [2.24, 2.45) is 21.1 Å². The van der Waals surface area contributed by atoms with Crippen molar-refractivity contribution in [2.45, 2.75) is 165 Å². The van der Waals surface area contributed by atoms with Gasteiger partial charge in [-0.1, -0.05) is 226 Å². The van der Waals surface area contributed by atoms with E-state index < -0.39 is 0 Å². The van der Waals surface area contributed by atoms with Crippen LogP contribution in [0.5, 0.6) is 0 Å². The summed E-state index contributed by atoms with van der Waals surface area (Å²) in [6, 6.07) is 75.2. The fourth-order valence-electron chi connectivity index (χ4n) is 14.9. The molecule has 6 aromatic heterocycles. The molecule has 106 heavy (non-hydrogen) atoms. The van der Waals surface area contributed by atoms with E-state index in [9.17, 15) is 0 Å². The highest BCUT2D eigenvalue weighted by Crippen LogP contribution is 2.44. The predicted octanol–water partition coefficient (Wildman–Crippen LogP) is 24.2. The minimum Gasteiger partial charge on any atom is -0.241 e. The number of aryl methyl sites for hydroxylation is 6. The summed E-state index contributed by atoms with van der Waals surface area (Å²) < 4.78 is 18.1. The van der Waals surface area contributed by atoms with Crippen LogP contribution in [0, 0.1) is 20.8 Å². The molecule has 6 heterocycles. The van der Waals surface area contributed by atoms with E-state index in [-0.39, 0.29) is 21.7 Å². The Bertz CT molecular complexity index is 5990. The Kier molecular flexibility index (Phi) is 19.3. The molecule has 12 heteroatoms. The van der Waals surface area contributed by atoms with E-state index in [2.05, 4.69) is 386 Å². The largest absolute Gasteiger partial charge is 0.295 e. The maximum Gasteiger partial charge on any atom is 0.295 e. The number of imidazole rings is 3. The Balaban J connectivity index is 0.000000134. The van der Waals surface area contributed by atoms with Crippen LogP contribution < -0.4 is 13.7 Å². The quantitative estimate of drug-likeness (QED) is 0.135. The molecule has 9 nitrogen and oxygen atoms in total. The van der Waals surface area contributed by atoms with Gasteiger partial charge in [0.2, 0.25) is 0 Å². The van der Waals surface area contributed by atoms with E-state index >= 15 is 0 Å². The lowest BCUT2D eigenvalue weighted by Gasteiger charge is -2.18. The van der Waals surface area contributed by atoms with Crippen LogP contribution in [0.3, 0.4) is 0 Å². The van der Waals surface area contributed by atoms with E-state index in [0.29, 0.717) is 11.8 Å². The van der Waals surface area contributed by atoms with E-state index in [1.165, 1.54) is 158 Å². The summed E-state index contributed by atoms with van der Waals surface area (Å²) in [7, 11) is 6.56. The molecule has 0 aliphatic heterocycles. The average Bonchev–Trinajstić information content (AvgIpc) is 1.60. The number of thiazole rings is 3. The lowest BCUT2D eigenvalue weighted by molar-refractivity contribution is -0.634. The van der Waals surface area contributed by atoms with Gasteiger partial charge in [-0.05, 0) is 157 Å². The third-order valence-electron chi connectivity index (χ3n) is 20.7. The smallest absolute Gasteiger partial charge is 0.241 e. The molecule has 0 saturated carbocycles. The van der Waals surface area contributed by atoms with Crippen molar-refractivity contribution in [3.05, 3.63) is 255 Å². The van der Waals surface area contributed by atoms with Crippen molar-refractivity contribution in [3.8, 4) is 62.4 Å². The van der Waals surface area contributed by atoms with E-state index in [4.69, 9.17) is 15.0 Å². The number of hydrogen-bond acceptors (Lipinski definition) is 6. The Labute approximate surface area is 638 Å². The molecule has 0 N–H and O–H groups in total. The normalized spacial score (nSPS) is 12.4. The summed E-state index contributed by atoms with van der Waals surface area (Å²) in [5.74, 6) is 4.41. The molecule has 0 bridgehead atoms. The van der Waals surface area contributed by atoms with Crippen LogP contribution in [-0.2, 0) is 42.8 Å². The van der Waals surface area contributed by atoms with Gasteiger partial charge >= 0.3 is 0 Å². The summed E-state index contributed by atoms with van der Waals surface area (Å²) in [5.41, 5.74) is 28.5. The second-order valence-electron chi connectivity index (χ2n) is 33.6. The molecule has 16 aromatic rings. The number of rotatable bonds is 9. The molecule has 0 amide bonds. The van der Waals surface area contributed by atoms with Crippen LogP contribution in [0.25, 0.3) is 126 Å². The molecule has 0 saturated heterocycles. The average molecular weight is 1450 g/mol. The summed E-state index contributed by atoms with van der Waals surface area (Å²) in [4.78, 5) is 15.0. The zero-order valence-corrected chi connectivity index (χ0v) is 68.5. The van der Waals surface area contributed by atoms with Gasteiger partial charge in [0, 0.05) is 32.9 Å². The van der Waals surface area contributed by atoms with Crippen molar-refractivity contribution in [1.29, 1.82) is 0 Å². The topological polar surface area (TPSA) is 65.1 Å². The molecule has 0 aliphatic carbocycles. The first-order chi connectivity index (χ1) is 50.3. The van der Waals surface area contributed by atoms with Crippen LogP contribution in [0.1, 0.15) is 171 Å². The highest BCUT2D eigenvalue weighted by atomic mass is 32.1. The van der Waals surface area contributed by atoms with Crippen LogP contribution in [-0.4, -0.2) is 28.7 Å². The zero-order valence-electron chi connectivity index (χ0n) is 66.0. The molecule has 10 aromatic carbocycles. The molecule has 0 aliphatic rings. The predicted molar refractivity (Wildman–Crippen MR) is 452 cm³/mol. The molecule has 0 radical (unpaired) electrons. The molecule has 0 unspecified atom stereocenters. The number of benzene rings is 10. The minimum atomic E-state index is 0.0337. The standard InChI is InChI=1S/C32H30N3S.C32H38N3S.C30H34N3S/c1-21-19-25-29(36-31(33-25)32(2,3)4)20-24(21)30-34(5)27-17-11-12-18-28(27)35(30)26-16-10-9-15-23(26)22-13-7-6-8-14-22;1-19(2)22-13-12-14-23(20(3)4)29(22)35-27-16-11-10-15-26(27)34(9)30(35)24-18-28-25(17-21(24)5)33-31(36-28)32(6,7)8;1-19-17-23-26(34-28(31-23)30(5,6)7)18-22(19)27-32(8)24-11-9-10-12-25(24)33(27)21-15-13-20(14-16-21)29(2,3)4/h6-20H,1-5H3;10-20H,1-9H3;9-18H,1-8H3/q3*+1. The van der Waals surface area contributed by atoms with Gasteiger partial charge in [0.15, 0.2) is 33.1 Å². The molecule has 16 rings (SSSR count). The fraction of sp³-hybridized carbons (Fsp3) is 0.298. The van der Waals surface area contributed by atoms with Gasteiger partial charge in [-0.3, -0.25) is 0 Å². The first kappa shape index (κ1) is 73.2. The molecular weight excluding hydrogens is 1350 g/mol. The Hall–Kier alpha value is -9.72.